The summed E-state index contributed by atoms with van der Waals surface area (Å²) < 4.78 is 0. The van der Waals surface area contributed by atoms with Gasteiger partial charge in [-0.1, -0.05) is 12.1 Å². The summed E-state index contributed by atoms with van der Waals surface area (Å²) in [7, 11) is 0. The first-order valence-corrected chi connectivity index (χ1v) is 6.06. The predicted octanol–water partition coefficient (Wildman–Crippen LogP) is 2.93. The van der Waals surface area contributed by atoms with Crippen LogP contribution >= 0.6 is 0 Å². The number of hydrogen-bond donors (Lipinski definition) is 1. The minimum atomic E-state index is 0.395. The van der Waals surface area contributed by atoms with Gasteiger partial charge in [0.2, 0.25) is 0 Å². The third-order valence-electron chi connectivity index (χ3n) is 3.12. The quantitative estimate of drug-likeness (QED) is 0.837. The van der Waals surface area contributed by atoms with Crippen LogP contribution in [0, 0.1) is 6.92 Å². The molecule has 0 amide bonds. The lowest BCUT2D eigenvalue weighted by Gasteiger charge is -2.18. The Balaban J connectivity index is 2.18. The summed E-state index contributed by atoms with van der Waals surface area (Å²) in [6.07, 6.45) is 6.69. The monoisotopic (exact) mass is 216 g/mol. The van der Waals surface area contributed by atoms with Crippen LogP contribution in [0.25, 0.3) is 5.57 Å². The fourth-order valence-electron chi connectivity index (χ4n) is 2.07. The molecule has 0 saturated heterocycles. The maximum Gasteiger partial charge on any atom is 0.0703 e. The molecule has 2 nitrogen and oxygen atoms in total. The Bertz CT molecular complexity index is 391. The van der Waals surface area contributed by atoms with Crippen LogP contribution in [0.1, 0.15) is 37.9 Å². The molecule has 86 valence electrons. The topological polar surface area (TPSA) is 24.9 Å². The molecule has 0 spiro atoms. The fraction of sp³-hybridized carbons (Fsp3) is 0.500. The Morgan fingerprint density at radius 1 is 1.56 bits per heavy atom. The molecule has 1 aliphatic carbocycles. The molecule has 1 N–H and O–H groups in total. The van der Waals surface area contributed by atoms with E-state index in [9.17, 15) is 0 Å². The maximum absolute atomic E-state index is 4.49. The van der Waals surface area contributed by atoms with Crippen molar-refractivity contribution in [1.29, 1.82) is 0 Å². The van der Waals surface area contributed by atoms with Gasteiger partial charge in [0.05, 0.1) is 5.69 Å². The largest absolute Gasteiger partial charge is 0.307 e. The second-order valence-electron chi connectivity index (χ2n) is 4.58. The summed E-state index contributed by atoms with van der Waals surface area (Å²) in [6.45, 7) is 6.44. The number of rotatable bonds is 4. The van der Waals surface area contributed by atoms with Gasteiger partial charge in [-0.05, 0) is 50.8 Å². The van der Waals surface area contributed by atoms with Gasteiger partial charge in [0, 0.05) is 18.3 Å². The minimum Gasteiger partial charge on any atom is -0.307 e. The van der Waals surface area contributed by atoms with Crippen LogP contribution < -0.4 is 5.32 Å². The van der Waals surface area contributed by atoms with E-state index in [1.165, 1.54) is 24.0 Å². The third kappa shape index (κ3) is 2.50. The molecule has 1 aliphatic rings. The van der Waals surface area contributed by atoms with Gasteiger partial charge in [0.15, 0.2) is 0 Å². The van der Waals surface area contributed by atoms with Gasteiger partial charge in [0.1, 0.15) is 0 Å². The summed E-state index contributed by atoms with van der Waals surface area (Å²) in [6, 6.07) is 5.24. The predicted molar refractivity (Wildman–Crippen MR) is 68.2 cm³/mol. The van der Waals surface area contributed by atoms with E-state index in [1.54, 1.807) is 0 Å². The van der Waals surface area contributed by atoms with Crippen molar-refractivity contribution < 1.29 is 0 Å². The fourth-order valence-corrected chi connectivity index (χ4v) is 2.07. The highest BCUT2D eigenvalue weighted by molar-refractivity contribution is 5.68. The van der Waals surface area contributed by atoms with Gasteiger partial charge in [-0.2, -0.15) is 0 Å². The van der Waals surface area contributed by atoms with Gasteiger partial charge in [-0.25, -0.2) is 0 Å². The van der Waals surface area contributed by atoms with Gasteiger partial charge in [-0.3, -0.25) is 4.98 Å². The van der Waals surface area contributed by atoms with Crippen molar-refractivity contribution in [3.63, 3.8) is 0 Å². The lowest BCUT2D eigenvalue weighted by molar-refractivity contribution is 0.638. The minimum absolute atomic E-state index is 0.395. The van der Waals surface area contributed by atoms with Crippen molar-refractivity contribution in [3.05, 3.63) is 35.7 Å². The number of nitrogens with one attached hydrogen (secondary N) is 1. The lowest BCUT2D eigenvalue weighted by atomic mass is 10.0. The van der Waals surface area contributed by atoms with Crippen LogP contribution in [0.3, 0.4) is 0 Å². The molecule has 0 aromatic carbocycles. The van der Waals surface area contributed by atoms with E-state index in [0.717, 1.165) is 11.7 Å². The van der Waals surface area contributed by atoms with Crippen molar-refractivity contribution in [2.75, 3.05) is 0 Å². The highest BCUT2D eigenvalue weighted by Gasteiger charge is 2.24. The Morgan fingerprint density at radius 3 is 2.88 bits per heavy atom. The molecule has 0 bridgehead atoms. The van der Waals surface area contributed by atoms with Crippen molar-refractivity contribution in [3.8, 4) is 0 Å². The van der Waals surface area contributed by atoms with Crippen molar-refractivity contribution in [1.82, 2.24) is 10.3 Å². The number of pyridine rings is 1. The summed E-state index contributed by atoms with van der Waals surface area (Å²) >= 11 is 0. The standard InChI is InChI=1S/C14H20N2/c1-4-13(11(3)16-12-7-8-12)14-10(2)6-5-9-15-14/h4-6,9,11-12,16H,7-8H2,1-3H3/b13-4-. The van der Waals surface area contributed by atoms with E-state index in [0.29, 0.717) is 6.04 Å². The van der Waals surface area contributed by atoms with Crippen LogP contribution in [0.15, 0.2) is 24.4 Å². The van der Waals surface area contributed by atoms with E-state index in [1.807, 2.05) is 12.3 Å². The Hall–Kier alpha value is -1.15. The first-order valence-electron chi connectivity index (χ1n) is 6.06. The number of allylic oxidation sites excluding steroid dienone is 1. The summed E-state index contributed by atoms with van der Waals surface area (Å²) in [5.41, 5.74) is 3.69. The molecule has 1 saturated carbocycles. The van der Waals surface area contributed by atoms with Crippen LogP contribution in [-0.4, -0.2) is 17.1 Å². The summed E-state index contributed by atoms with van der Waals surface area (Å²) in [4.78, 5) is 4.49. The molecule has 1 atom stereocenters. The van der Waals surface area contributed by atoms with E-state index >= 15 is 0 Å². The zero-order valence-corrected chi connectivity index (χ0v) is 10.3. The zero-order chi connectivity index (χ0) is 11.5. The molecule has 1 aromatic rings. The average molecular weight is 216 g/mol. The number of aryl methyl sites for hydroxylation is 1. The van der Waals surface area contributed by atoms with Gasteiger partial charge >= 0.3 is 0 Å². The van der Waals surface area contributed by atoms with E-state index in [2.05, 4.69) is 43.2 Å². The summed E-state index contributed by atoms with van der Waals surface area (Å²) in [5.74, 6) is 0. The molecule has 1 aromatic heterocycles. The van der Waals surface area contributed by atoms with Crippen molar-refractivity contribution >= 4 is 5.57 Å². The third-order valence-corrected chi connectivity index (χ3v) is 3.12. The first-order chi connectivity index (χ1) is 7.72. The molecular weight excluding hydrogens is 196 g/mol. The SMILES string of the molecule is C/C=C(\c1ncccc1C)C(C)NC1CC1. The van der Waals surface area contributed by atoms with Crippen LogP contribution in [0.5, 0.6) is 0 Å². The van der Waals surface area contributed by atoms with Gasteiger partial charge in [0.25, 0.3) is 0 Å². The van der Waals surface area contributed by atoms with Gasteiger partial charge < -0.3 is 5.32 Å². The Labute approximate surface area is 97.8 Å². The molecule has 1 fully saturated rings. The maximum atomic E-state index is 4.49. The molecule has 1 unspecified atom stereocenters. The Morgan fingerprint density at radius 2 is 2.31 bits per heavy atom. The number of nitrogens with zero attached hydrogens (tertiary/aromatic N) is 1. The van der Waals surface area contributed by atoms with E-state index in [4.69, 9.17) is 0 Å². The van der Waals surface area contributed by atoms with E-state index in [-0.39, 0.29) is 0 Å². The van der Waals surface area contributed by atoms with Crippen LogP contribution in [0.2, 0.25) is 0 Å². The molecule has 2 heteroatoms. The number of aromatic nitrogens is 1. The van der Waals surface area contributed by atoms with Gasteiger partial charge in [-0.15, -0.1) is 0 Å². The van der Waals surface area contributed by atoms with Crippen LogP contribution in [-0.2, 0) is 0 Å². The molecule has 16 heavy (non-hydrogen) atoms. The highest BCUT2D eigenvalue weighted by Crippen LogP contribution is 2.24. The number of hydrogen-bond acceptors (Lipinski definition) is 2. The Kier molecular flexibility index (Phi) is 3.39. The van der Waals surface area contributed by atoms with Crippen LogP contribution in [0.4, 0.5) is 0 Å². The normalized spacial score (nSPS) is 18.6. The second kappa shape index (κ2) is 4.79. The molecule has 0 aliphatic heterocycles. The van der Waals surface area contributed by atoms with Crippen molar-refractivity contribution in [2.24, 2.45) is 0 Å². The van der Waals surface area contributed by atoms with Crippen molar-refractivity contribution in [2.45, 2.75) is 45.7 Å². The lowest BCUT2D eigenvalue weighted by Crippen LogP contribution is -2.29. The molecule has 0 radical (unpaired) electrons. The summed E-state index contributed by atoms with van der Waals surface area (Å²) in [5, 5.41) is 3.62. The average Bonchev–Trinajstić information content (AvgIpc) is 3.06. The smallest absolute Gasteiger partial charge is 0.0703 e. The first kappa shape index (κ1) is 11.3. The molecule has 2 rings (SSSR count). The zero-order valence-electron chi connectivity index (χ0n) is 10.3. The molecule has 1 heterocycles. The molecular formula is C14H20N2. The van der Waals surface area contributed by atoms with E-state index < -0.39 is 0 Å². The highest BCUT2D eigenvalue weighted by atomic mass is 15.0. The second-order valence-corrected chi connectivity index (χ2v) is 4.58.